The molecule has 0 heterocycles. The van der Waals surface area contributed by atoms with Crippen LogP contribution < -0.4 is 0 Å². The van der Waals surface area contributed by atoms with Crippen molar-refractivity contribution in [3.8, 4) is 0 Å². The van der Waals surface area contributed by atoms with Crippen molar-refractivity contribution in [2.75, 3.05) is 0 Å². The molecule has 0 nitrogen and oxygen atoms in total. The molecule has 1 aromatic carbocycles. The molecule has 82 valence electrons. The second kappa shape index (κ2) is 6.73. The molecule has 0 amide bonds. The van der Waals surface area contributed by atoms with Gasteiger partial charge in [0.15, 0.2) is 0 Å². The van der Waals surface area contributed by atoms with E-state index in [1.807, 2.05) is 6.07 Å². The van der Waals surface area contributed by atoms with Gasteiger partial charge in [0.2, 0.25) is 0 Å². The lowest BCUT2D eigenvalue weighted by molar-refractivity contribution is 0.502. The second-order valence-electron chi connectivity index (χ2n) is 4.19. The summed E-state index contributed by atoms with van der Waals surface area (Å²) in [6, 6.07) is 10.3. The van der Waals surface area contributed by atoms with E-state index in [1.54, 1.807) is 0 Å². The minimum atomic E-state index is 0.837. The van der Waals surface area contributed by atoms with Crippen molar-refractivity contribution in [1.29, 1.82) is 0 Å². The van der Waals surface area contributed by atoms with Crippen LogP contribution in [0.1, 0.15) is 45.1 Å². The fourth-order valence-electron chi connectivity index (χ4n) is 1.58. The number of hydrogen-bond acceptors (Lipinski definition) is 1. The van der Waals surface area contributed by atoms with E-state index in [9.17, 15) is 0 Å². The second-order valence-corrected chi connectivity index (χ2v) is 4.69. The monoisotopic (exact) mass is 220 g/mol. The van der Waals surface area contributed by atoms with E-state index in [0.717, 1.165) is 17.2 Å². The average Bonchev–Trinajstić information content (AvgIpc) is 2.29. The van der Waals surface area contributed by atoms with Gasteiger partial charge in [0.1, 0.15) is 0 Å². The largest absolute Gasteiger partial charge is 0.0843 e. The van der Waals surface area contributed by atoms with Crippen molar-refractivity contribution in [3.05, 3.63) is 35.9 Å². The van der Waals surface area contributed by atoms with Crippen LogP contribution in [0.3, 0.4) is 0 Å². The third-order valence-electron chi connectivity index (χ3n) is 2.89. The summed E-state index contributed by atoms with van der Waals surface area (Å²) in [5, 5.41) is 0. The molecule has 0 radical (unpaired) electrons. The van der Waals surface area contributed by atoms with E-state index >= 15 is 0 Å². The first kappa shape index (κ1) is 12.4. The molecular weight excluding hydrogens is 200 g/mol. The van der Waals surface area contributed by atoms with Gasteiger partial charge in [-0.2, -0.15) is 0 Å². The van der Waals surface area contributed by atoms with Crippen LogP contribution in [-0.2, 0) is 0 Å². The fraction of sp³-hybridized carbons (Fsp3) is 0.500. The Morgan fingerprint density at radius 2 is 1.93 bits per heavy atom. The Labute approximate surface area is 98.7 Å². The molecule has 1 heteroatoms. The van der Waals surface area contributed by atoms with Crippen LogP contribution in [0.2, 0.25) is 0 Å². The van der Waals surface area contributed by atoms with E-state index < -0.39 is 0 Å². The van der Waals surface area contributed by atoms with E-state index in [2.05, 4.69) is 38.1 Å². The van der Waals surface area contributed by atoms with Crippen LogP contribution in [0.4, 0.5) is 0 Å². The van der Waals surface area contributed by atoms with Crippen LogP contribution in [0, 0.1) is 5.92 Å². The summed E-state index contributed by atoms with van der Waals surface area (Å²) < 4.78 is 0. The highest BCUT2D eigenvalue weighted by molar-refractivity contribution is 7.80. The lowest BCUT2D eigenvalue weighted by Gasteiger charge is -2.08. The van der Waals surface area contributed by atoms with Gasteiger partial charge in [-0.25, -0.2) is 0 Å². The van der Waals surface area contributed by atoms with Gasteiger partial charge in [-0.3, -0.25) is 0 Å². The highest BCUT2D eigenvalue weighted by Gasteiger charge is 2.02. The van der Waals surface area contributed by atoms with Gasteiger partial charge in [-0.05, 0) is 24.3 Å². The number of rotatable bonds is 6. The Morgan fingerprint density at radius 1 is 1.27 bits per heavy atom. The van der Waals surface area contributed by atoms with Crippen molar-refractivity contribution in [1.82, 2.24) is 0 Å². The minimum Gasteiger partial charge on any atom is -0.0843 e. The molecule has 0 aliphatic carbocycles. The lowest BCUT2D eigenvalue weighted by Crippen LogP contribution is -1.99. The van der Waals surface area contributed by atoms with Crippen molar-refractivity contribution < 1.29 is 0 Å². The Hall–Kier alpha value is -0.690. The first-order valence-electron chi connectivity index (χ1n) is 5.82. The molecule has 0 N–H and O–H groups in total. The Bertz CT molecular complexity index is 289. The summed E-state index contributed by atoms with van der Waals surface area (Å²) >= 11 is 5.41. The van der Waals surface area contributed by atoms with Gasteiger partial charge in [0.05, 0.1) is 0 Å². The highest BCUT2D eigenvalue weighted by Crippen LogP contribution is 2.14. The molecule has 15 heavy (non-hydrogen) atoms. The molecule has 1 unspecified atom stereocenters. The third kappa shape index (κ3) is 4.57. The van der Waals surface area contributed by atoms with E-state index in [-0.39, 0.29) is 0 Å². The van der Waals surface area contributed by atoms with Crippen LogP contribution in [0.15, 0.2) is 30.3 Å². The minimum absolute atomic E-state index is 0.837. The van der Waals surface area contributed by atoms with Crippen LogP contribution in [-0.4, -0.2) is 4.86 Å². The SMILES string of the molecule is CCC(C)CCCC(=S)c1ccccc1. The summed E-state index contributed by atoms with van der Waals surface area (Å²) in [7, 11) is 0. The summed E-state index contributed by atoms with van der Waals surface area (Å²) in [6.45, 7) is 4.56. The fourth-order valence-corrected chi connectivity index (χ4v) is 1.86. The van der Waals surface area contributed by atoms with Crippen LogP contribution in [0.5, 0.6) is 0 Å². The molecule has 0 saturated carbocycles. The average molecular weight is 220 g/mol. The molecule has 1 rings (SSSR count). The Balaban J connectivity index is 2.31. The normalized spacial score (nSPS) is 12.4. The first-order valence-corrected chi connectivity index (χ1v) is 6.23. The predicted octanol–water partition coefficient (Wildman–Crippen LogP) is 4.62. The van der Waals surface area contributed by atoms with Crippen molar-refractivity contribution >= 4 is 17.1 Å². The molecule has 0 saturated heterocycles. The third-order valence-corrected chi connectivity index (χ3v) is 3.33. The molecule has 0 spiro atoms. The molecule has 0 aliphatic heterocycles. The van der Waals surface area contributed by atoms with Gasteiger partial charge in [0, 0.05) is 4.86 Å². The van der Waals surface area contributed by atoms with Crippen molar-refractivity contribution in [2.24, 2.45) is 5.92 Å². The number of thiocarbonyl (C=S) groups is 1. The molecule has 0 bridgehead atoms. The molecule has 0 fully saturated rings. The maximum Gasteiger partial charge on any atom is 0.0224 e. The summed E-state index contributed by atoms with van der Waals surface area (Å²) in [6.07, 6.45) is 4.86. The summed E-state index contributed by atoms with van der Waals surface area (Å²) in [4.78, 5) is 1.11. The molecule has 0 aliphatic rings. The maximum absolute atomic E-state index is 5.41. The predicted molar refractivity (Wildman–Crippen MR) is 71.4 cm³/mol. The standard InChI is InChI=1S/C14H20S/c1-3-12(2)8-7-11-14(15)13-9-5-4-6-10-13/h4-6,9-10,12H,3,7-8,11H2,1-2H3. The summed E-state index contributed by atoms with van der Waals surface area (Å²) in [5.41, 5.74) is 1.22. The van der Waals surface area contributed by atoms with Gasteiger partial charge in [-0.1, -0.05) is 69.2 Å². The van der Waals surface area contributed by atoms with E-state index in [4.69, 9.17) is 12.2 Å². The first-order chi connectivity index (χ1) is 7.24. The van der Waals surface area contributed by atoms with Gasteiger partial charge >= 0.3 is 0 Å². The Kier molecular flexibility index (Phi) is 5.56. The number of benzene rings is 1. The highest BCUT2D eigenvalue weighted by atomic mass is 32.1. The van der Waals surface area contributed by atoms with Gasteiger partial charge in [-0.15, -0.1) is 0 Å². The molecular formula is C14H20S. The number of hydrogen-bond donors (Lipinski definition) is 0. The molecule has 0 aromatic heterocycles. The zero-order valence-corrected chi connectivity index (χ0v) is 10.5. The molecule has 1 aromatic rings. The topological polar surface area (TPSA) is 0 Å². The maximum atomic E-state index is 5.41. The quantitative estimate of drug-likeness (QED) is 0.498. The van der Waals surface area contributed by atoms with Crippen molar-refractivity contribution in [3.63, 3.8) is 0 Å². The van der Waals surface area contributed by atoms with E-state index in [1.165, 1.54) is 24.8 Å². The summed E-state index contributed by atoms with van der Waals surface area (Å²) in [5.74, 6) is 0.837. The zero-order chi connectivity index (χ0) is 11.1. The van der Waals surface area contributed by atoms with Gasteiger partial charge < -0.3 is 0 Å². The van der Waals surface area contributed by atoms with Crippen molar-refractivity contribution in [2.45, 2.75) is 39.5 Å². The zero-order valence-electron chi connectivity index (χ0n) is 9.70. The van der Waals surface area contributed by atoms with Crippen LogP contribution in [0.25, 0.3) is 0 Å². The van der Waals surface area contributed by atoms with E-state index in [0.29, 0.717) is 0 Å². The lowest BCUT2D eigenvalue weighted by atomic mass is 9.99. The van der Waals surface area contributed by atoms with Crippen LogP contribution >= 0.6 is 12.2 Å². The smallest absolute Gasteiger partial charge is 0.0224 e. The van der Waals surface area contributed by atoms with Gasteiger partial charge in [0.25, 0.3) is 0 Å². The molecule has 1 atom stereocenters. The Morgan fingerprint density at radius 3 is 2.53 bits per heavy atom.